The van der Waals surface area contributed by atoms with E-state index < -0.39 is 0 Å². The molecule has 1 saturated heterocycles. The van der Waals surface area contributed by atoms with Crippen molar-refractivity contribution in [1.82, 2.24) is 14.5 Å². The molecule has 0 N–H and O–H groups in total. The molecule has 0 unspecified atom stereocenters. The molecule has 0 bridgehead atoms. The number of fused-ring (bicyclic) bond motifs is 1. The van der Waals surface area contributed by atoms with Gasteiger partial charge in [-0.3, -0.25) is 23.9 Å². The van der Waals surface area contributed by atoms with Gasteiger partial charge in [0.05, 0.1) is 11.1 Å². The Labute approximate surface area is 160 Å². The predicted molar refractivity (Wildman–Crippen MR) is 105 cm³/mol. The molecule has 0 atom stereocenters. The van der Waals surface area contributed by atoms with Crippen molar-refractivity contribution in [2.45, 2.75) is 58.2 Å². The van der Waals surface area contributed by atoms with E-state index in [9.17, 15) is 14.4 Å². The van der Waals surface area contributed by atoms with Crippen LogP contribution in [0.4, 0.5) is 0 Å². The Kier molecular flexibility index (Phi) is 5.82. The SMILES string of the molecule is CCCCn1c(SCC(=O)N2CCCC2=O)nc2sc(C)c(C)c2c1=O. The number of hydrogen-bond acceptors (Lipinski definition) is 6. The van der Waals surface area contributed by atoms with Crippen molar-refractivity contribution in [2.75, 3.05) is 12.3 Å². The molecule has 2 amide bonds. The maximum absolute atomic E-state index is 13.0. The molecule has 1 aliphatic heterocycles. The van der Waals surface area contributed by atoms with Crippen molar-refractivity contribution < 1.29 is 9.59 Å². The first-order valence-electron chi connectivity index (χ1n) is 8.90. The van der Waals surface area contributed by atoms with Crippen LogP contribution in [0.25, 0.3) is 10.2 Å². The lowest BCUT2D eigenvalue weighted by Crippen LogP contribution is -2.33. The fourth-order valence-corrected chi connectivity index (χ4v) is 5.02. The van der Waals surface area contributed by atoms with Crippen LogP contribution in [0.3, 0.4) is 0 Å². The molecule has 1 fully saturated rings. The molecular formula is C18H23N3O3S2. The first kappa shape index (κ1) is 19.1. The monoisotopic (exact) mass is 393 g/mol. The summed E-state index contributed by atoms with van der Waals surface area (Å²) in [5, 5.41) is 1.26. The number of aromatic nitrogens is 2. The summed E-state index contributed by atoms with van der Waals surface area (Å²) in [6.07, 6.45) is 3.02. The first-order valence-corrected chi connectivity index (χ1v) is 10.7. The highest BCUT2D eigenvalue weighted by atomic mass is 32.2. The number of unbranched alkanes of at least 4 members (excludes halogenated alkanes) is 1. The quantitative estimate of drug-likeness (QED) is 0.557. The average molecular weight is 394 g/mol. The van der Waals surface area contributed by atoms with Gasteiger partial charge in [0, 0.05) is 24.4 Å². The van der Waals surface area contributed by atoms with E-state index >= 15 is 0 Å². The second kappa shape index (κ2) is 7.92. The van der Waals surface area contributed by atoms with E-state index in [1.54, 1.807) is 4.57 Å². The van der Waals surface area contributed by atoms with E-state index in [4.69, 9.17) is 0 Å². The number of carbonyl (C=O) groups excluding carboxylic acids is 2. The molecule has 2 aromatic heterocycles. The maximum Gasteiger partial charge on any atom is 0.263 e. The minimum absolute atomic E-state index is 0.0301. The molecule has 0 aliphatic carbocycles. The fourth-order valence-electron chi connectivity index (χ4n) is 3.05. The summed E-state index contributed by atoms with van der Waals surface area (Å²) < 4.78 is 1.69. The normalized spacial score (nSPS) is 14.6. The zero-order chi connectivity index (χ0) is 18.8. The van der Waals surface area contributed by atoms with Gasteiger partial charge in [0.25, 0.3) is 5.56 Å². The van der Waals surface area contributed by atoms with Gasteiger partial charge in [0.2, 0.25) is 11.8 Å². The van der Waals surface area contributed by atoms with Crippen LogP contribution < -0.4 is 5.56 Å². The Morgan fingerprint density at radius 1 is 1.31 bits per heavy atom. The highest BCUT2D eigenvalue weighted by Gasteiger charge is 2.27. The van der Waals surface area contributed by atoms with Crippen LogP contribution in [-0.2, 0) is 16.1 Å². The van der Waals surface area contributed by atoms with E-state index in [0.717, 1.165) is 34.5 Å². The topological polar surface area (TPSA) is 72.3 Å². The molecular weight excluding hydrogens is 370 g/mol. The Morgan fingerprint density at radius 2 is 2.08 bits per heavy atom. The van der Waals surface area contributed by atoms with Gasteiger partial charge in [-0.1, -0.05) is 25.1 Å². The molecule has 140 valence electrons. The number of amides is 2. The van der Waals surface area contributed by atoms with Crippen molar-refractivity contribution in [3.05, 3.63) is 20.8 Å². The third-order valence-corrected chi connectivity index (χ3v) is 6.75. The first-order chi connectivity index (χ1) is 12.4. The van der Waals surface area contributed by atoms with Crippen LogP contribution in [0.5, 0.6) is 0 Å². The van der Waals surface area contributed by atoms with Gasteiger partial charge >= 0.3 is 0 Å². The molecule has 0 spiro atoms. The van der Waals surface area contributed by atoms with Crippen molar-refractivity contribution in [3.8, 4) is 0 Å². The second-order valence-corrected chi connectivity index (χ2v) is 8.65. The van der Waals surface area contributed by atoms with Crippen LogP contribution in [0.2, 0.25) is 0 Å². The predicted octanol–water partition coefficient (Wildman–Crippen LogP) is 3.12. The Hall–Kier alpha value is -1.67. The molecule has 6 nitrogen and oxygen atoms in total. The summed E-state index contributed by atoms with van der Waals surface area (Å²) >= 11 is 2.77. The van der Waals surface area contributed by atoms with Gasteiger partial charge in [-0.2, -0.15) is 0 Å². The number of thioether (sulfide) groups is 1. The Balaban J connectivity index is 1.91. The fraction of sp³-hybridized carbons (Fsp3) is 0.556. The van der Waals surface area contributed by atoms with E-state index in [2.05, 4.69) is 11.9 Å². The molecule has 0 saturated carbocycles. The summed E-state index contributed by atoms with van der Waals surface area (Å²) in [5.41, 5.74) is 0.959. The Bertz CT molecular complexity index is 917. The lowest BCUT2D eigenvalue weighted by molar-refractivity contribution is -0.140. The second-order valence-electron chi connectivity index (χ2n) is 6.50. The van der Waals surface area contributed by atoms with Crippen molar-refractivity contribution >= 4 is 45.1 Å². The minimum atomic E-state index is -0.201. The number of hydrogen-bond donors (Lipinski definition) is 0. The van der Waals surface area contributed by atoms with Gasteiger partial charge in [0.1, 0.15) is 4.83 Å². The zero-order valence-corrected chi connectivity index (χ0v) is 17.0. The number of imide groups is 1. The lowest BCUT2D eigenvalue weighted by Gasteiger charge is -2.15. The van der Waals surface area contributed by atoms with Gasteiger partial charge in [-0.25, -0.2) is 4.98 Å². The number of nitrogens with zero attached hydrogens (tertiary/aromatic N) is 3. The molecule has 26 heavy (non-hydrogen) atoms. The smallest absolute Gasteiger partial charge is 0.263 e. The lowest BCUT2D eigenvalue weighted by atomic mass is 10.2. The third-order valence-electron chi connectivity index (χ3n) is 4.69. The van der Waals surface area contributed by atoms with E-state index in [1.807, 2.05) is 13.8 Å². The number of thiophene rings is 1. The Morgan fingerprint density at radius 3 is 2.73 bits per heavy atom. The maximum atomic E-state index is 13.0. The average Bonchev–Trinajstić information content (AvgIpc) is 3.15. The molecule has 0 radical (unpaired) electrons. The van der Waals surface area contributed by atoms with Crippen molar-refractivity contribution in [2.24, 2.45) is 0 Å². The number of rotatable bonds is 6. The van der Waals surface area contributed by atoms with Gasteiger partial charge in [0.15, 0.2) is 5.16 Å². The highest BCUT2D eigenvalue weighted by molar-refractivity contribution is 7.99. The number of likely N-dealkylation sites (tertiary alicyclic amines) is 1. The number of aryl methyl sites for hydroxylation is 2. The van der Waals surface area contributed by atoms with Gasteiger partial charge in [-0.05, 0) is 32.3 Å². The summed E-state index contributed by atoms with van der Waals surface area (Å²) in [5.74, 6) is -0.182. The minimum Gasteiger partial charge on any atom is -0.287 e. The van der Waals surface area contributed by atoms with Crippen LogP contribution in [0.1, 0.15) is 43.0 Å². The molecule has 3 rings (SSSR count). The molecule has 8 heteroatoms. The highest BCUT2D eigenvalue weighted by Crippen LogP contribution is 2.28. The molecule has 1 aliphatic rings. The molecule has 2 aromatic rings. The summed E-state index contributed by atoms with van der Waals surface area (Å²) in [7, 11) is 0. The van der Waals surface area contributed by atoms with Crippen LogP contribution >= 0.6 is 23.1 Å². The van der Waals surface area contributed by atoms with Crippen LogP contribution in [0.15, 0.2) is 9.95 Å². The van der Waals surface area contributed by atoms with Crippen molar-refractivity contribution in [1.29, 1.82) is 0 Å². The number of carbonyl (C=O) groups is 2. The standard InChI is InChI=1S/C18H23N3O3S2/c1-4-5-8-21-17(24)15-11(2)12(3)26-16(15)19-18(21)25-10-14(23)20-9-6-7-13(20)22/h4-10H2,1-3H3. The third kappa shape index (κ3) is 3.57. The summed E-state index contributed by atoms with van der Waals surface area (Å²) in [6, 6.07) is 0. The van der Waals surface area contributed by atoms with E-state index in [1.165, 1.54) is 28.0 Å². The van der Waals surface area contributed by atoms with Gasteiger partial charge < -0.3 is 0 Å². The largest absolute Gasteiger partial charge is 0.287 e. The molecule has 3 heterocycles. The van der Waals surface area contributed by atoms with E-state index in [-0.39, 0.29) is 23.1 Å². The summed E-state index contributed by atoms with van der Waals surface area (Å²) in [4.78, 5) is 44.9. The van der Waals surface area contributed by atoms with E-state index in [0.29, 0.717) is 30.1 Å². The van der Waals surface area contributed by atoms with Crippen LogP contribution in [-0.4, -0.2) is 38.6 Å². The molecule has 0 aromatic carbocycles. The van der Waals surface area contributed by atoms with Crippen LogP contribution in [0, 0.1) is 13.8 Å². The van der Waals surface area contributed by atoms with Crippen molar-refractivity contribution in [3.63, 3.8) is 0 Å². The zero-order valence-electron chi connectivity index (χ0n) is 15.3. The van der Waals surface area contributed by atoms with Gasteiger partial charge in [-0.15, -0.1) is 11.3 Å². The summed E-state index contributed by atoms with van der Waals surface area (Å²) in [6.45, 7) is 7.11.